The summed E-state index contributed by atoms with van der Waals surface area (Å²) in [6.07, 6.45) is 0. The molecule has 98 valence electrons. The molecule has 0 saturated heterocycles. The summed E-state index contributed by atoms with van der Waals surface area (Å²) in [5.41, 5.74) is 0.351. The summed E-state index contributed by atoms with van der Waals surface area (Å²) in [6.45, 7) is -0.388. The average Bonchev–Trinajstić information content (AvgIpc) is 2.39. The second kappa shape index (κ2) is 5.80. The maximum absolute atomic E-state index is 13.3. The van der Waals surface area contributed by atoms with Gasteiger partial charge in [0, 0.05) is 16.7 Å². The van der Waals surface area contributed by atoms with Crippen LogP contribution >= 0.6 is 11.6 Å². The van der Waals surface area contributed by atoms with E-state index in [4.69, 9.17) is 16.3 Å². The average molecular weight is 283 g/mol. The van der Waals surface area contributed by atoms with Gasteiger partial charge in [0.05, 0.1) is 0 Å². The molecule has 0 atom stereocenters. The standard InChI is InChI=1S/C14H9ClF2O2/c15-10-3-1-2-9(6-10)13(18)8-19-14-7-11(16)4-5-12(14)17/h1-7H,8H2. The van der Waals surface area contributed by atoms with Gasteiger partial charge in [-0.1, -0.05) is 23.7 Å². The predicted octanol–water partition coefficient (Wildman–Crippen LogP) is 3.88. The Labute approximate surface area is 113 Å². The summed E-state index contributed by atoms with van der Waals surface area (Å²) < 4.78 is 31.1. The minimum atomic E-state index is -0.722. The molecule has 0 aliphatic carbocycles. The van der Waals surface area contributed by atoms with Crippen LogP contribution in [0.25, 0.3) is 0 Å². The van der Waals surface area contributed by atoms with Crippen molar-refractivity contribution < 1.29 is 18.3 Å². The highest BCUT2D eigenvalue weighted by Gasteiger charge is 2.10. The van der Waals surface area contributed by atoms with Crippen LogP contribution in [0.1, 0.15) is 10.4 Å². The molecular weight excluding hydrogens is 274 g/mol. The fraction of sp³-hybridized carbons (Fsp3) is 0.0714. The van der Waals surface area contributed by atoms with E-state index >= 15 is 0 Å². The first-order valence-corrected chi connectivity index (χ1v) is 5.80. The summed E-state index contributed by atoms with van der Waals surface area (Å²) in [5.74, 6) is -2.02. The van der Waals surface area contributed by atoms with Crippen LogP contribution in [0.15, 0.2) is 42.5 Å². The summed E-state index contributed by atoms with van der Waals surface area (Å²) >= 11 is 5.75. The van der Waals surface area contributed by atoms with Crippen molar-refractivity contribution in [1.29, 1.82) is 0 Å². The Kier molecular flexibility index (Phi) is 4.12. The maximum Gasteiger partial charge on any atom is 0.200 e. The quantitative estimate of drug-likeness (QED) is 0.796. The lowest BCUT2D eigenvalue weighted by molar-refractivity contribution is 0.0918. The van der Waals surface area contributed by atoms with E-state index in [2.05, 4.69) is 0 Å². The molecular formula is C14H9ClF2O2. The normalized spacial score (nSPS) is 10.3. The molecule has 0 N–H and O–H groups in total. The molecule has 5 heteroatoms. The van der Waals surface area contributed by atoms with E-state index in [0.717, 1.165) is 18.2 Å². The Morgan fingerprint density at radius 3 is 2.68 bits per heavy atom. The first-order valence-electron chi connectivity index (χ1n) is 5.43. The lowest BCUT2D eigenvalue weighted by atomic mass is 10.1. The van der Waals surface area contributed by atoms with E-state index in [0.29, 0.717) is 10.6 Å². The highest BCUT2D eigenvalue weighted by atomic mass is 35.5. The molecule has 0 radical (unpaired) electrons. The van der Waals surface area contributed by atoms with E-state index < -0.39 is 11.6 Å². The van der Waals surface area contributed by atoms with Gasteiger partial charge < -0.3 is 4.74 Å². The Hall–Kier alpha value is -1.94. The molecule has 2 aromatic carbocycles. The Morgan fingerprint density at radius 2 is 1.95 bits per heavy atom. The van der Waals surface area contributed by atoms with E-state index in [1.54, 1.807) is 18.2 Å². The Bertz CT molecular complexity index is 614. The van der Waals surface area contributed by atoms with Crippen LogP contribution in [-0.4, -0.2) is 12.4 Å². The third-order valence-corrected chi connectivity index (χ3v) is 2.63. The molecule has 19 heavy (non-hydrogen) atoms. The minimum absolute atomic E-state index is 0.296. The molecule has 0 aliphatic rings. The fourth-order valence-corrected chi connectivity index (χ4v) is 1.67. The number of hydrogen-bond donors (Lipinski definition) is 0. The number of rotatable bonds is 4. The maximum atomic E-state index is 13.3. The van der Waals surface area contributed by atoms with Crippen LogP contribution in [0.5, 0.6) is 5.75 Å². The molecule has 0 saturated carbocycles. The predicted molar refractivity (Wildman–Crippen MR) is 67.6 cm³/mol. The van der Waals surface area contributed by atoms with Gasteiger partial charge in [0.1, 0.15) is 5.82 Å². The van der Waals surface area contributed by atoms with Crippen LogP contribution < -0.4 is 4.74 Å². The molecule has 0 fully saturated rings. The van der Waals surface area contributed by atoms with Crippen LogP contribution in [0, 0.1) is 11.6 Å². The number of ether oxygens (including phenoxy) is 1. The molecule has 0 unspecified atom stereocenters. The lowest BCUT2D eigenvalue weighted by Crippen LogP contribution is -2.12. The molecule has 0 aromatic heterocycles. The summed E-state index contributed by atoms with van der Waals surface area (Å²) in [6, 6.07) is 9.11. The summed E-state index contributed by atoms with van der Waals surface area (Å²) in [4.78, 5) is 11.8. The van der Waals surface area contributed by atoms with Gasteiger partial charge in [0.25, 0.3) is 0 Å². The fourth-order valence-electron chi connectivity index (χ4n) is 1.48. The van der Waals surface area contributed by atoms with Crippen molar-refractivity contribution in [2.24, 2.45) is 0 Å². The highest BCUT2D eigenvalue weighted by molar-refractivity contribution is 6.31. The third-order valence-electron chi connectivity index (χ3n) is 2.40. The van der Waals surface area contributed by atoms with Gasteiger partial charge in [-0.05, 0) is 24.3 Å². The third kappa shape index (κ3) is 3.51. The smallest absolute Gasteiger partial charge is 0.200 e. The van der Waals surface area contributed by atoms with Gasteiger partial charge in [-0.15, -0.1) is 0 Å². The number of ketones is 1. The molecule has 0 amide bonds. The second-order valence-corrected chi connectivity index (χ2v) is 4.23. The first-order chi connectivity index (χ1) is 9.06. The lowest BCUT2D eigenvalue weighted by Gasteiger charge is -2.06. The topological polar surface area (TPSA) is 26.3 Å². The zero-order valence-electron chi connectivity index (χ0n) is 9.70. The molecule has 2 nitrogen and oxygen atoms in total. The van der Waals surface area contributed by atoms with E-state index in [1.165, 1.54) is 6.07 Å². The van der Waals surface area contributed by atoms with Gasteiger partial charge in [-0.3, -0.25) is 4.79 Å². The van der Waals surface area contributed by atoms with Gasteiger partial charge in [-0.2, -0.15) is 0 Å². The zero-order valence-corrected chi connectivity index (χ0v) is 10.5. The van der Waals surface area contributed by atoms with E-state index in [9.17, 15) is 13.6 Å². The van der Waals surface area contributed by atoms with Crippen molar-refractivity contribution in [3.05, 3.63) is 64.7 Å². The van der Waals surface area contributed by atoms with Crippen LogP contribution in [0.3, 0.4) is 0 Å². The molecule has 2 rings (SSSR count). The van der Waals surface area contributed by atoms with Crippen molar-refractivity contribution in [3.8, 4) is 5.75 Å². The van der Waals surface area contributed by atoms with Gasteiger partial charge >= 0.3 is 0 Å². The van der Waals surface area contributed by atoms with Crippen molar-refractivity contribution in [2.45, 2.75) is 0 Å². The minimum Gasteiger partial charge on any atom is -0.482 e. The first kappa shape index (κ1) is 13.5. The highest BCUT2D eigenvalue weighted by Crippen LogP contribution is 2.18. The second-order valence-electron chi connectivity index (χ2n) is 3.80. The van der Waals surface area contributed by atoms with E-state index in [1.807, 2.05) is 0 Å². The van der Waals surface area contributed by atoms with Crippen molar-refractivity contribution >= 4 is 17.4 Å². The summed E-state index contributed by atoms with van der Waals surface area (Å²) in [7, 11) is 0. The molecule has 0 heterocycles. The number of Topliss-reactive ketones (excluding diaryl/α,β-unsaturated/α-hetero) is 1. The zero-order chi connectivity index (χ0) is 13.8. The van der Waals surface area contributed by atoms with Crippen molar-refractivity contribution in [2.75, 3.05) is 6.61 Å². The van der Waals surface area contributed by atoms with Crippen LogP contribution in [-0.2, 0) is 0 Å². The van der Waals surface area contributed by atoms with Crippen LogP contribution in [0.2, 0.25) is 5.02 Å². The molecule has 2 aromatic rings. The monoisotopic (exact) mass is 282 g/mol. The van der Waals surface area contributed by atoms with Gasteiger partial charge in [0.2, 0.25) is 0 Å². The number of carbonyl (C=O) groups is 1. The van der Waals surface area contributed by atoms with Crippen molar-refractivity contribution in [3.63, 3.8) is 0 Å². The van der Waals surface area contributed by atoms with Crippen molar-refractivity contribution in [1.82, 2.24) is 0 Å². The largest absolute Gasteiger partial charge is 0.482 e. The molecule has 0 bridgehead atoms. The number of carbonyl (C=O) groups excluding carboxylic acids is 1. The van der Waals surface area contributed by atoms with Gasteiger partial charge in [-0.25, -0.2) is 8.78 Å². The number of halogens is 3. The van der Waals surface area contributed by atoms with E-state index in [-0.39, 0.29) is 18.1 Å². The Balaban J connectivity index is 2.06. The molecule has 0 spiro atoms. The molecule has 0 aliphatic heterocycles. The van der Waals surface area contributed by atoms with Crippen LogP contribution in [0.4, 0.5) is 8.78 Å². The summed E-state index contributed by atoms with van der Waals surface area (Å²) in [5, 5.41) is 0.419. The SMILES string of the molecule is O=C(COc1cc(F)ccc1F)c1cccc(Cl)c1. The number of benzene rings is 2. The Morgan fingerprint density at radius 1 is 1.16 bits per heavy atom. The number of hydrogen-bond acceptors (Lipinski definition) is 2. The van der Waals surface area contributed by atoms with Gasteiger partial charge in [0.15, 0.2) is 24.0 Å².